The third-order valence-electron chi connectivity index (χ3n) is 3.49. The van der Waals surface area contributed by atoms with Gasteiger partial charge in [0.1, 0.15) is 17.3 Å². The van der Waals surface area contributed by atoms with E-state index in [1.807, 2.05) is 25.1 Å². The Kier molecular flexibility index (Phi) is 4.13. The zero-order valence-electron chi connectivity index (χ0n) is 11.8. The molecule has 1 aliphatic carbocycles. The van der Waals surface area contributed by atoms with Gasteiger partial charge in [-0.2, -0.15) is 0 Å². The van der Waals surface area contributed by atoms with Gasteiger partial charge in [0, 0.05) is 18.2 Å². The van der Waals surface area contributed by atoms with Gasteiger partial charge in [0.05, 0.1) is 5.02 Å². The molecular weight excluding hydrogens is 289 g/mol. The molecule has 0 radical (unpaired) electrons. The van der Waals surface area contributed by atoms with Gasteiger partial charge in [-0.05, 0) is 55.7 Å². The molecule has 1 N–H and O–H groups in total. The van der Waals surface area contributed by atoms with E-state index in [2.05, 4.69) is 5.32 Å². The van der Waals surface area contributed by atoms with Crippen LogP contribution < -0.4 is 10.1 Å². The fourth-order valence-corrected chi connectivity index (χ4v) is 2.41. The third-order valence-corrected chi connectivity index (χ3v) is 3.78. The summed E-state index contributed by atoms with van der Waals surface area (Å²) in [5.74, 6) is 0.960. The van der Waals surface area contributed by atoms with E-state index >= 15 is 0 Å². The fourth-order valence-electron chi connectivity index (χ4n) is 2.13. The van der Waals surface area contributed by atoms with E-state index < -0.39 is 0 Å². The van der Waals surface area contributed by atoms with Gasteiger partial charge in [-0.1, -0.05) is 17.7 Å². The molecule has 0 amide bonds. The summed E-state index contributed by atoms with van der Waals surface area (Å²) in [7, 11) is 0. The van der Waals surface area contributed by atoms with E-state index in [1.54, 1.807) is 6.07 Å². The standard InChI is InChI=1S/C17H17ClFNO/c1-11-2-6-17(15(18)8-11)21-16-7-3-13(19)9-12(16)10-20-14-4-5-14/h2-3,6-9,14,20H,4-5,10H2,1H3. The molecule has 1 saturated carbocycles. The first-order valence-electron chi connectivity index (χ1n) is 7.07. The largest absolute Gasteiger partial charge is 0.455 e. The van der Waals surface area contributed by atoms with Crippen molar-refractivity contribution in [1.82, 2.24) is 5.32 Å². The van der Waals surface area contributed by atoms with Crippen LogP contribution >= 0.6 is 11.6 Å². The van der Waals surface area contributed by atoms with Crippen LogP contribution in [0.1, 0.15) is 24.0 Å². The normalized spacial score (nSPS) is 14.2. The van der Waals surface area contributed by atoms with E-state index in [0.29, 0.717) is 29.1 Å². The molecule has 0 aliphatic heterocycles. The number of ether oxygens (including phenoxy) is 1. The molecule has 1 aliphatic rings. The first kappa shape index (κ1) is 14.4. The summed E-state index contributed by atoms with van der Waals surface area (Å²) in [6, 6.07) is 10.7. The van der Waals surface area contributed by atoms with Crippen molar-refractivity contribution in [2.24, 2.45) is 0 Å². The molecule has 21 heavy (non-hydrogen) atoms. The van der Waals surface area contributed by atoms with Crippen LogP contribution in [0, 0.1) is 12.7 Å². The van der Waals surface area contributed by atoms with Gasteiger partial charge in [-0.3, -0.25) is 0 Å². The maximum absolute atomic E-state index is 13.4. The Labute approximate surface area is 128 Å². The molecule has 0 spiro atoms. The van der Waals surface area contributed by atoms with E-state index in [-0.39, 0.29) is 5.82 Å². The van der Waals surface area contributed by atoms with Crippen LogP contribution in [0.25, 0.3) is 0 Å². The molecule has 0 saturated heterocycles. The third kappa shape index (κ3) is 3.74. The highest BCUT2D eigenvalue weighted by molar-refractivity contribution is 6.32. The van der Waals surface area contributed by atoms with Gasteiger partial charge in [0.15, 0.2) is 0 Å². The highest BCUT2D eigenvalue weighted by Gasteiger charge is 2.21. The second kappa shape index (κ2) is 6.04. The van der Waals surface area contributed by atoms with Crippen molar-refractivity contribution in [2.75, 3.05) is 0 Å². The van der Waals surface area contributed by atoms with Crippen LogP contribution in [-0.2, 0) is 6.54 Å². The van der Waals surface area contributed by atoms with Crippen molar-refractivity contribution in [1.29, 1.82) is 0 Å². The van der Waals surface area contributed by atoms with Crippen molar-refractivity contribution in [3.05, 3.63) is 58.4 Å². The summed E-state index contributed by atoms with van der Waals surface area (Å²) in [6.07, 6.45) is 2.38. The second-order valence-corrected chi connectivity index (χ2v) is 5.85. The lowest BCUT2D eigenvalue weighted by Crippen LogP contribution is -2.16. The molecule has 0 unspecified atom stereocenters. The molecular formula is C17H17ClFNO. The molecule has 2 aromatic rings. The van der Waals surface area contributed by atoms with Crippen LogP contribution in [-0.4, -0.2) is 6.04 Å². The number of hydrogen-bond acceptors (Lipinski definition) is 2. The van der Waals surface area contributed by atoms with Gasteiger partial charge in [0.2, 0.25) is 0 Å². The average Bonchev–Trinajstić information content (AvgIpc) is 3.26. The molecule has 0 heterocycles. The lowest BCUT2D eigenvalue weighted by Gasteiger charge is -2.13. The highest BCUT2D eigenvalue weighted by Crippen LogP contribution is 2.32. The predicted octanol–water partition coefficient (Wildman–Crippen LogP) is 4.83. The lowest BCUT2D eigenvalue weighted by molar-refractivity contribution is 0.470. The summed E-state index contributed by atoms with van der Waals surface area (Å²) in [5, 5.41) is 3.93. The first-order chi connectivity index (χ1) is 10.1. The van der Waals surface area contributed by atoms with E-state index in [9.17, 15) is 4.39 Å². The van der Waals surface area contributed by atoms with Crippen molar-refractivity contribution >= 4 is 11.6 Å². The van der Waals surface area contributed by atoms with Crippen LogP contribution in [0.5, 0.6) is 11.5 Å². The summed E-state index contributed by atoms with van der Waals surface area (Å²) < 4.78 is 19.3. The average molecular weight is 306 g/mol. The summed E-state index contributed by atoms with van der Waals surface area (Å²) in [4.78, 5) is 0. The van der Waals surface area contributed by atoms with Gasteiger partial charge >= 0.3 is 0 Å². The maximum atomic E-state index is 13.4. The van der Waals surface area contributed by atoms with Gasteiger partial charge in [-0.25, -0.2) is 4.39 Å². The quantitative estimate of drug-likeness (QED) is 0.854. The molecule has 110 valence electrons. The van der Waals surface area contributed by atoms with Crippen molar-refractivity contribution in [3.63, 3.8) is 0 Å². The molecule has 2 aromatic carbocycles. The number of hydrogen-bond donors (Lipinski definition) is 1. The molecule has 3 rings (SSSR count). The van der Waals surface area contributed by atoms with Gasteiger partial charge in [0.25, 0.3) is 0 Å². The molecule has 2 nitrogen and oxygen atoms in total. The number of aryl methyl sites for hydroxylation is 1. The Balaban J connectivity index is 1.82. The zero-order valence-corrected chi connectivity index (χ0v) is 12.6. The Hall–Kier alpha value is -1.58. The van der Waals surface area contributed by atoms with Crippen LogP contribution in [0.2, 0.25) is 5.02 Å². The van der Waals surface area contributed by atoms with E-state index in [1.165, 1.54) is 25.0 Å². The minimum atomic E-state index is -0.259. The Morgan fingerprint density at radius 2 is 1.95 bits per heavy atom. The van der Waals surface area contributed by atoms with Crippen LogP contribution in [0.3, 0.4) is 0 Å². The monoisotopic (exact) mass is 305 g/mol. The van der Waals surface area contributed by atoms with Crippen molar-refractivity contribution in [3.8, 4) is 11.5 Å². The summed E-state index contributed by atoms with van der Waals surface area (Å²) in [5.41, 5.74) is 1.88. The molecule has 0 bridgehead atoms. The SMILES string of the molecule is Cc1ccc(Oc2ccc(F)cc2CNC2CC2)c(Cl)c1. The minimum absolute atomic E-state index is 0.259. The van der Waals surface area contributed by atoms with Crippen LogP contribution in [0.15, 0.2) is 36.4 Å². The van der Waals surface area contributed by atoms with Crippen molar-refractivity contribution < 1.29 is 9.13 Å². The number of halogens is 2. The number of benzene rings is 2. The Bertz CT molecular complexity index is 655. The molecule has 4 heteroatoms. The predicted molar refractivity (Wildman–Crippen MR) is 82.5 cm³/mol. The summed E-state index contributed by atoms with van der Waals surface area (Å²) in [6.45, 7) is 2.57. The second-order valence-electron chi connectivity index (χ2n) is 5.44. The van der Waals surface area contributed by atoms with E-state index in [4.69, 9.17) is 16.3 Å². The Morgan fingerprint density at radius 1 is 1.19 bits per heavy atom. The number of rotatable bonds is 5. The van der Waals surface area contributed by atoms with Gasteiger partial charge < -0.3 is 10.1 Å². The van der Waals surface area contributed by atoms with Gasteiger partial charge in [-0.15, -0.1) is 0 Å². The molecule has 0 atom stereocenters. The zero-order chi connectivity index (χ0) is 14.8. The topological polar surface area (TPSA) is 21.3 Å². The fraction of sp³-hybridized carbons (Fsp3) is 0.294. The number of nitrogens with one attached hydrogen (secondary N) is 1. The molecule has 1 fully saturated rings. The lowest BCUT2D eigenvalue weighted by atomic mass is 10.2. The highest BCUT2D eigenvalue weighted by atomic mass is 35.5. The molecule has 0 aromatic heterocycles. The first-order valence-corrected chi connectivity index (χ1v) is 7.45. The van der Waals surface area contributed by atoms with Crippen LogP contribution in [0.4, 0.5) is 4.39 Å². The van der Waals surface area contributed by atoms with E-state index in [0.717, 1.165) is 11.1 Å². The summed E-state index contributed by atoms with van der Waals surface area (Å²) >= 11 is 6.19. The maximum Gasteiger partial charge on any atom is 0.146 e. The van der Waals surface area contributed by atoms with Crippen molar-refractivity contribution in [2.45, 2.75) is 32.4 Å². The minimum Gasteiger partial charge on any atom is -0.455 e. The Morgan fingerprint density at radius 3 is 2.67 bits per heavy atom. The smallest absolute Gasteiger partial charge is 0.146 e.